The predicted molar refractivity (Wildman–Crippen MR) is 167 cm³/mol. The first-order valence-corrected chi connectivity index (χ1v) is 15.3. The van der Waals surface area contributed by atoms with Gasteiger partial charge >= 0.3 is 18.0 Å². The number of hydrogen-bond donors (Lipinski definition) is 3. The van der Waals surface area contributed by atoms with E-state index in [9.17, 15) is 19.2 Å². The second-order valence-corrected chi connectivity index (χ2v) is 14.0. The van der Waals surface area contributed by atoms with Gasteiger partial charge in [-0.05, 0) is 113 Å². The summed E-state index contributed by atoms with van der Waals surface area (Å²) < 4.78 is 16.3. The highest BCUT2D eigenvalue weighted by Gasteiger charge is 2.28. The van der Waals surface area contributed by atoms with Crippen LogP contribution in [0.2, 0.25) is 0 Å². The molecular weight excluding hydrogens is 550 g/mol. The van der Waals surface area contributed by atoms with Crippen LogP contribution in [0.3, 0.4) is 0 Å². The zero-order chi connectivity index (χ0) is 32.8. The van der Waals surface area contributed by atoms with Gasteiger partial charge in [0.05, 0.1) is 0 Å². The summed E-state index contributed by atoms with van der Waals surface area (Å²) in [5.74, 6) is -1.11. The van der Waals surface area contributed by atoms with Crippen molar-refractivity contribution < 1.29 is 33.4 Å². The van der Waals surface area contributed by atoms with Gasteiger partial charge in [0.25, 0.3) is 0 Å². The summed E-state index contributed by atoms with van der Waals surface area (Å²) in [6, 6.07) is 8.24. The summed E-state index contributed by atoms with van der Waals surface area (Å²) in [4.78, 5) is 50.8. The Morgan fingerprint density at radius 1 is 0.721 bits per heavy atom. The average molecular weight is 606 g/mol. The molecule has 1 aromatic rings. The largest absolute Gasteiger partial charge is 0.460 e. The Labute approximate surface area is 258 Å². The fourth-order valence-corrected chi connectivity index (χ4v) is 4.16. The lowest BCUT2D eigenvalue weighted by Gasteiger charge is -2.26. The number of carbonyl (C=O) groups excluding carboxylic acids is 4. The molecule has 0 fully saturated rings. The van der Waals surface area contributed by atoms with Gasteiger partial charge in [-0.3, -0.25) is 14.4 Å². The van der Waals surface area contributed by atoms with Crippen molar-refractivity contribution in [3.05, 3.63) is 35.9 Å². The van der Waals surface area contributed by atoms with Crippen LogP contribution >= 0.6 is 0 Å². The quantitative estimate of drug-likeness (QED) is 0.141. The summed E-state index contributed by atoms with van der Waals surface area (Å²) in [6.45, 7) is 18.4. The molecule has 2 amide bonds. The summed E-state index contributed by atoms with van der Waals surface area (Å²) in [7, 11) is 0. The fourth-order valence-electron chi connectivity index (χ4n) is 4.16. The molecule has 0 aliphatic heterocycles. The molecule has 0 saturated heterocycles. The predicted octanol–water partition coefficient (Wildman–Crippen LogP) is 5.22. The smallest absolute Gasteiger partial charge is 0.408 e. The summed E-state index contributed by atoms with van der Waals surface area (Å²) >= 11 is 0. The summed E-state index contributed by atoms with van der Waals surface area (Å²) in [5.41, 5.74) is -0.883. The SMILES string of the molecule is CC(Cc1ccccc1)NC(=O)C(CCCCNC(CCC(=O)OC(C)(C)C)C(=O)OC(C)(C)C)NC(=O)OC(C)(C)C. The van der Waals surface area contributed by atoms with E-state index in [0.717, 1.165) is 5.56 Å². The average Bonchev–Trinajstić information content (AvgIpc) is 2.82. The second kappa shape index (κ2) is 17.2. The number of alkyl carbamates (subject to hydrolysis) is 1. The van der Waals surface area contributed by atoms with E-state index in [1.807, 2.05) is 37.3 Å². The van der Waals surface area contributed by atoms with Crippen molar-refractivity contribution in [3.8, 4) is 0 Å². The van der Waals surface area contributed by atoms with Crippen LogP contribution in [0.25, 0.3) is 0 Å². The van der Waals surface area contributed by atoms with Gasteiger partial charge in [0.1, 0.15) is 28.9 Å². The van der Waals surface area contributed by atoms with Crippen LogP contribution in [0, 0.1) is 0 Å². The van der Waals surface area contributed by atoms with Crippen molar-refractivity contribution in [2.75, 3.05) is 6.54 Å². The monoisotopic (exact) mass is 605 g/mol. The molecule has 0 heterocycles. The van der Waals surface area contributed by atoms with Gasteiger partial charge in [-0.2, -0.15) is 0 Å². The van der Waals surface area contributed by atoms with E-state index in [1.165, 1.54) is 0 Å². The van der Waals surface area contributed by atoms with Crippen LogP contribution in [0.1, 0.15) is 107 Å². The van der Waals surface area contributed by atoms with E-state index in [2.05, 4.69) is 16.0 Å². The standard InChI is InChI=1S/C33H55N3O7/c1-23(22-24-16-12-11-13-17-24)35-28(38)25(36-30(40)43-33(8,9)10)18-14-15-21-34-26(29(39)42-32(5,6)7)19-20-27(37)41-31(2,3)4/h11-13,16-17,23,25-26,34H,14-15,18-22H2,1-10H3,(H,35,38)(H,36,40). The molecule has 0 aromatic heterocycles. The maximum absolute atomic E-state index is 13.2. The number of ether oxygens (including phenoxy) is 3. The van der Waals surface area contributed by atoms with E-state index in [1.54, 1.807) is 62.3 Å². The normalized spacial score (nSPS) is 14.2. The van der Waals surface area contributed by atoms with Gasteiger partial charge in [-0.25, -0.2) is 4.79 Å². The molecule has 1 aromatic carbocycles. The highest BCUT2D eigenvalue weighted by atomic mass is 16.6. The molecule has 10 nitrogen and oxygen atoms in total. The van der Waals surface area contributed by atoms with Crippen molar-refractivity contribution in [2.45, 2.75) is 143 Å². The van der Waals surface area contributed by atoms with Crippen molar-refractivity contribution in [1.29, 1.82) is 0 Å². The molecule has 10 heteroatoms. The lowest BCUT2D eigenvalue weighted by molar-refractivity contribution is -0.158. The molecule has 0 aliphatic rings. The van der Waals surface area contributed by atoms with Crippen molar-refractivity contribution in [3.63, 3.8) is 0 Å². The minimum Gasteiger partial charge on any atom is -0.460 e. The van der Waals surface area contributed by atoms with Gasteiger partial charge in [-0.1, -0.05) is 30.3 Å². The number of nitrogens with one attached hydrogen (secondary N) is 3. The Balaban J connectivity index is 2.77. The molecule has 3 unspecified atom stereocenters. The maximum atomic E-state index is 13.2. The highest BCUT2D eigenvalue weighted by molar-refractivity contribution is 5.85. The Bertz CT molecular complexity index is 1020. The van der Waals surface area contributed by atoms with Crippen LogP contribution in [0.5, 0.6) is 0 Å². The van der Waals surface area contributed by atoms with Gasteiger partial charge < -0.3 is 30.2 Å². The van der Waals surface area contributed by atoms with Gasteiger partial charge in [0, 0.05) is 12.5 Å². The zero-order valence-electron chi connectivity index (χ0n) is 27.9. The molecule has 0 radical (unpaired) electrons. The van der Waals surface area contributed by atoms with Crippen LogP contribution in [-0.2, 0) is 35.0 Å². The van der Waals surface area contributed by atoms with Gasteiger partial charge in [-0.15, -0.1) is 0 Å². The molecule has 0 aliphatic carbocycles. The molecule has 1 rings (SSSR count). The first-order valence-electron chi connectivity index (χ1n) is 15.3. The number of hydrogen-bond acceptors (Lipinski definition) is 8. The third-order valence-electron chi connectivity index (χ3n) is 5.84. The maximum Gasteiger partial charge on any atom is 0.408 e. The van der Waals surface area contributed by atoms with Crippen LogP contribution in [0.15, 0.2) is 30.3 Å². The highest BCUT2D eigenvalue weighted by Crippen LogP contribution is 2.14. The zero-order valence-corrected chi connectivity index (χ0v) is 27.9. The number of esters is 2. The lowest BCUT2D eigenvalue weighted by atomic mass is 10.0. The number of amides is 2. The molecule has 0 bridgehead atoms. The van der Waals surface area contributed by atoms with Crippen LogP contribution in [0.4, 0.5) is 4.79 Å². The summed E-state index contributed by atoms with van der Waals surface area (Å²) in [5, 5.41) is 8.92. The Morgan fingerprint density at radius 3 is 1.86 bits per heavy atom. The van der Waals surface area contributed by atoms with Gasteiger partial charge in [0.2, 0.25) is 5.91 Å². The Hall–Kier alpha value is -3.14. The molecule has 43 heavy (non-hydrogen) atoms. The molecule has 0 saturated carbocycles. The van der Waals surface area contributed by atoms with E-state index in [0.29, 0.717) is 32.2 Å². The number of unbranched alkanes of at least 4 members (excludes halogenated alkanes) is 1. The van der Waals surface area contributed by atoms with Crippen LogP contribution < -0.4 is 16.0 Å². The molecule has 244 valence electrons. The number of benzene rings is 1. The van der Waals surface area contributed by atoms with Crippen molar-refractivity contribution in [2.24, 2.45) is 0 Å². The van der Waals surface area contributed by atoms with Gasteiger partial charge in [0.15, 0.2) is 0 Å². The third-order valence-corrected chi connectivity index (χ3v) is 5.84. The summed E-state index contributed by atoms with van der Waals surface area (Å²) in [6.07, 6.45) is 1.87. The Kier molecular flexibility index (Phi) is 15.2. The minimum atomic E-state index is -0.790. The molecule has 0 spiro atoms. The topological polar surface area (TPSA) is 132 Å². The van der Waals surface area contributed by atoms with E-state index >= 15 is 0 Å². The fraction of sp³-hybridized carbons (Fsp3) is 0.697. The Morgan fingerprint density at radius 2 is 1.30 bits per heavy atom. The molecule has 3 atom stereocenters. The van der Waals surface area contributed by atoms with E-state index < -0.39 is 40.9 Å². The molecule has 3 N–H and O–H groups in total. The lowest BCUT2D eigenvalue weighted by Crippen LogP contribution is -2.50. The van der Waals surface area contributed by atoms with E-state index in [4.69, 9.17) is 14.2 Å². The first kappa shape index (κ1) is 37.9. The number of carbonyl (C=O) groups is 4. The first-order chi connectivity index (χ1) is 19.7. The third kappa shape index (κ3) is 18.9. The second-order valence-electron chi connectivity index (χ2n) is 14.0. The minimum absolute atomic E-state index is 0.0669. The van der Waals surface area contributed by atoms with Crippen molar-refractivity contribution >= 4 is 23.9 Å². The van der Waals surface area contributed by atoms with Crippen LogP contribution in [-0.4, -0.2) is 65.4 Å². The number of rotatable bonds is 15. The van der Waals surface area contributed by atoms with E-state index in [-0.39, 0.29) is 30.8 Å². The van der Waals surface area contributed by atoms with Crippen molar-refractivity contribution in [1.82, 2.24) is 16.0 Å². The molecular formula is C33H55N3O7.